The van der Waals surface area contributed by atoms with E-state index in [1.807, 2.05) is 0 Å². The van der Waals surface area contributed by atoms with Crippen molar-refractivity contribution >= 4 is 45.0 Å². The van der Waals surface area contributed by atoms with Crippen LogP contribution in [-0.2, 0) is 14.8 Å². The van der Waals surface area contributed by atoms with E-state index in [-0.39, 0.29) is 39.0 Å². The lowest BCUT2D eigenvalue weighted by Crippen LogP contribution is -2.48. The van der Waals surface area contributed by atoms with E-state index in [2.05, 4.69) is 0 Å². The van der Waals surface area contributed by atoms with Gasteiger partial charge in [-0.2, -0.15) is 4.31 Å². The fourth-order valence-corrected chi connectivity index (χ4v) is 6.31. The zero-order chi connectivity index (χ0) is 19.2. The van der Waals surface area contributed by atoms with Gasteiger partial charge in [0.2, 0.25) is 15.9 Å². The molecule has 1 amide bonds. The van der Waals surface area contributed by atoms with Gasteiger partial charge in [-0.15, -0.1) is 11.8 Å². The van der Waals surface area contributed by atoms with Crippen molar-refractivity contribution in [3.8, 4) is 0 Å². The van der Waals surface area contributed by atoms with Crippen LogP contribution in [0.2, 0.25) is 5.02 Å². The minimum absolute atomic E-state index is 0.00241. The molecule has 1 aliphatic carbocycles. The molecule has 0 radical (unpaired) electrons. The van der Waals surface area contributed by atoms with Crippen molar-refractivity contribution in [3.63, 3.8) is 0 Å². The average Bonchev–Trinajstić information content (AvgIpc) is 3.31. The lowest BCUT2D eigenvalue weighted by atomic mass is 10.2. The minimum Gasteiger partial charge on any atom is -0.341 e. The van der Waals surface area contributed by atoms with Gasteiger partial charge in [0.1, 0.15) is 6.04 Å². The number of halogens is 1. The summed E-state index contributed by atoms with van der Waals surface area (Å²) >= 11 is 7.35. The summed E-state index contributed by atoms with van der Waals surface area (Å²) in [6, 6.07) is 1.57. The molecule has 1 atom stereocenters. The van der Waals surface area contributed by atoms with E-state index in [1.54, 1.807) is 11.9 Å². The van der Waals surface area contributed by atoms with E-state index < -0.39 is 21.0 Å². The molecule has 0 bridgehead atoms. The molecule has 26 heavy (non-hydrogen) atoms. The fourth-order valence-electron chi connectivity index (χ4n) is 2.85. The zero-order valence-electron chi connectivity index (χ0n) is 14.2. The van der Waals surface area contributed by atoms with Gasteiger partial charge >= 0.3 is 0 Å². The molecule has 3 rings (SSSR count). The highest BCUT2D eigenvalue weighted by Gasteiger charge is 2.44. The molecule has 2 aliphatic rings. The number of rotatable bonds is 5. The molecule has 0 aromatic heterocycles. The molecule has 8 nitrogen and oxygen atoms in total. The van der Waals surface area contributed by atoms with Crippen LogP contribution in [0.5, 0.6) is 0 Å². The van der Waals surface area contributed by atoms with Crippen molar-refractivity contribution in [2.75, 3.05) is 18.7 Å². The molecule has 1 aromatic rings. The number of nitrogens with zero attached hydrogens (tertiary/aromatic N) is 3. The third-order valence-electron chi connectivity index (χ3n) is 4.66. The van der Waals surface area contributed by atoms with Crippen molar-refractivity contribution in [1.82, 2.24) is 9.21 Å². The normalized spacial score (nSPS) is 21.0. The average molecular weight is 420 g/mol. The maximum Gasteiger partial charge on any atom is 0.275 e. The molecule has 1 saturated heterocycles. The van der Waals surface area contributed by atoms with Crippen molar-refractivity contribution in [2.45, 2.75) is 36.7 Å². The van der Waals surface area contributed by atoms with Crippen LogP contribution < -0.4 is 0 Å². The Morgan fingerprint density at radius 3 is 2.65 bits per heavy atom. The van der Waals surface area contributed by atoms with Gasteiger partial charge in [0.05, 0.1) is 20.7 Å². The van der Waals surface area contributed by atoms with Crippen molar-refractivity contribution in [1.29, 1.82) is 0 Å². The summed E-state index contributed by atoms with van der Waals surface area (Å²) in [5.74, 6) is 0.238. The van der Waals surface area contributed by atoms with Gasteiger partial charge in [-0.3, -0.25) is 14.9 Å². The lowest BCUT2D eigenvalue weighted by molar-refractivity contribution is -0.385. The van der Waals surface area contributed by atoms with Gasteiger partial charge in [0, 0.05) is 30.5 Å². The number of nitro benzene ring substituents is 1. The smallest absolute Gasteiger partial charge is 0.275 e. The SMILES string of the molecule is Cc1c(Cl)cc(S(=O)(=O)N2CSCC2C(=O)N(C)C2CC2)cc1[N+](=O)[O-]. The first-order chi connectivity index (χ1) is 12.1. The third-order valence-corrected chi connectivity index (χ3v) is 8.06. The summed E-state index contributed by atoms with van der Waals surface area (Å²) in [4.78, 5) is 24.5. The van der Waals surface area contributed by atoms with Crippen molar-refractivity contribution < 1.29 is 18.1 Å². The zero-order valence-corrected chi connectivity index (χ0v) is 16.6. The molecule has 1 unspecified atom stereocenters. The molecule has 1 aromatic carbocycles. The van der Waals surface area contributed by atoms with Gasteiger partial charge < -0.3 is 4.90 Å². The van der Waals surface area contributed by atoms with Gasteiger partial charge in [-0.25, -0.2) is 8.42 Å². The van der Waals surface area contributed by atoms with E-state index in [4.69, 9.17) is 11.6 Å². The van der Waals surface area contributed by atoms with Crippen LogP contribution in [0, 0.1) is 17.0 Å². The number of hydrogen-bond donors (Lipinski definition) is 0. The first kappa shape index (κ1) is 19.4. The van der Waals surface area contributed by atoms with Gasteiger partial charge in [-0.1, -0.05) is 11.6 Å². The number of thioether (sulfide) groups is 1. The molecular formula is C15H18ClN3O5S2. The Labute approximate surface area is 160 Å². The maximum absolute atomic E-state index is 13.1. The molecule has 1 aliphatic heterocycles. The quantitative estimate of drug-likeness (QED) is 0.535. The highest BCUT2D eigenvalue weighted by Crippen LogP contribution is 2.35. The molecule has 1 saturated carbocycles. The van der Waals surface area contributed by atoms with Gasteiger partial charge in [-0.05, 0) is 25.8 Å². The fraction of sp³-hybridized carbons (Fsp3) is 0.533. The number of carbonyl (C=O) groups excluding carboxylic acids is 1. The highest BCUT2D eigenvalue weighted by molar-refractivity contribution is 8.00. The van der Waals surface area contributed by atoms with Crippen LogP contribution in [0.4, 0.5) is 5.69 Å². The molecule has 2 fully saturated rings. The Morgan fingerprint density at radius 1 is 1.42 bits per heavy atom. The number of nitro groups is 1. The van der Waals surface area contributed by atoms with Gasteiger partial charge in [0.25, 0.3) is 5.69 Å². The number of amides is 1. The second kappa shape index (κ2) is 6.99. The predicted octanol–water partition coefficient (Wildman–Crippen LogP) is 2.24. The van der Waals surface area contributed by atoms with Crippen LogP contribution in [-0.4, -0.2) is 59.2 Å². The number of likely N-dealkylation sites (N-methyl/N-ethyl adjacent to an activating group) is 1. The molecule has 0 N–H and O–H groups in total. The summed E-state index contributed by atoms with van der Waals surface area (Å²) < 4.78 is 27.2. The number of sulfonamides is 1. The Bertz CT molecular complexity index is 872. The Hall–Kier alpha value is -1.36. The van der Waals surface area contributed by atoms with Crippen LogP contribution in [0.1, 0.15) is 18.4 Å². The summed E-state index contributed by atoms with van der Waals surface area (Å²) in [5.41, 5.74) is -0.159. The first-order valence-corrected chi connectivity index (χ1v) is 10.9. The van der Waals surface area contributed by atoms with Crippen molar-refractivity contribution in [3.05, 3.63) is 32.8 Å². The molecular weight excluding hydrogens is 402 g/mol. The van der Waals surface area contributed by atoms with Crippen LogP contribution in [0.15, 0.2) is 17.0 Å². The maximum atomic E-state index is 13.1. The number of benzene rings is 1. The van der Waals surface area contributed by atoms with Gasteiger partial charge in [0.15, 0.2) is 0 Å². The van der Waals surface area contributed by atoms with E-state index in [9.17, 15) is 23.3 Å². The van der Waals surface area contributed by atoms with E-state index in [0.717, 1.165) is 23.2 Å². The monoisotopic (exact) mass is 419 g/mol. The molecule has 11 heteroatoms. The second-order valence-corrected chi connectivity index (χ2v) is 9.69. The summed E-state index contributed by atoms with van der Waals surface area (Å²) in [7, 11) is -2.41. The second-order valence-electron chi connectivity index (χ2n) is 6.39. The Kier molecular flexibility index (Phi) is 5.22. The summed E-state index contributed by atoms with van der Waals surface area (Å²) in [5, 5.41) is 11.2. The Morgan fingerprint density at radius 2 is 2.08 bits per heavy atom. The van der Waals surface area contributed by atoms with E-state index >= 15 is 0 Å². The molecule has 142 valence electrons. The number of carbonyl (C=O) groups is 1. The molecule has 1 heterocycles. The van der Waals surface area contributed by atoms with Crippen molar-refractivity contribution in [2.24, 2.45) is 0 Å². The number of hydrogen-bond acceptors (Lipinski definition) is 6. The standard InChI is InChI=1S/C15H18ClN3O5S2/c1-9-12(16)5-11(6-13(9)19(21)22)26(23,24)18-8-25-7-14(18)15(20)17(2)10-3-4-10/h5-6,10,14H,3-4,7-8H2,1-2H3. The minimum atomic E-state index is -4.09. The topological polar surface area (TPSA) is 101 Å². The summed E-state index contributed by atoms with van der Waals surface area (Å²) in [6.45, 7) is 1.46. The third kappa shape index (κ3) is 3.42. The van der Waals surface area contributed by atoms with Crippen LogP contribution in [0.25, 0.3) is 0 Å². The lowest BCUT2D eigenvalue weighted by Gasteiger charge is -2.27. The van der Waals surface area contributed by atoms with E-state index in [0.29, 0.717) is 5.75 Å². The Balaban J connectivity index is 1.96. The summed E-state index contributed by atoms with van der Waals surface area (Å²) in [6.07, 6.45) is 1.85. The molecule has 0 spiro atoms. The van der Waals surface area contributed by atoms with Crippen LogP contribution in [0.3, 0.4) is 0 Å². The van der Waals surface area contributed by atoms with Crippen LogP contribution >= 0.6 is 23.4 Å². The highest BCUT2D eigenvalue weighted by atomic mass is 35.5. The predicted molar refractivity (Wildman–Crippen MR) is 98.8 cm³/mol. The van der Waals surface area contributed by atoms with E-state index in [1.165, 1.54) is 24.8 Å². The largest absolute Gasteiger partial charge is 0.341 e. The first-order valence-electron chi connectivity index (χ1n) is 7.95.